The lowest BCUT2D eigenvalue weighted by Crippen LogP contribution is -2.38. The standard InChI is InChI=1S/C20H25N3O/c1-2-3-7-16-8-6-13-22(16)19(24)14-23-18-10-5-4-9-17(18)21-20(23)15-11-12-15/h4-6,8-10,15-16H,2-3,7,11-14H2,1H3/t16-/m1/s1. The van der Waals surface area contributed by atoms with Gasteiger partial charge >= 0.3 is 0 Å². The summed E-state index contributed by atoms with van der Waals surface area (Å²) in [5.74, 6) is 1.85. The van der Waals surface area contributed by atoms with Crippen molar-refractivity contribution in [3.8, 4) is 0 Å². The zero-order valence-corrected chi connectivity index (χ0v) is 14.3. The summed E-state index contributed by atoms with van der Waals surface area (Å²) in [6.45, 7) is 3.36. The molecular formula is C20H25N3O. The highest BCUT2D eigenvalue weighted by molar-refractivity contribution is 5.82. The number of rotatable bonds is 6. The van der Waals surface area contributed by atoms with Gasteiger partial charge in [-0.25, -0.2) is 4.98 Å². The fraction of sp³-hybridized carbons (Fsp3) is 0.500. The largest absolute Gasteiger partial charge is 0.331 e. The molecule has 0 radical (unpaired) electrons. The molecule has 1 amide bonds. The number of hydrogen-bond acceptors (Lipinski definition) is 2. The van der Waals surface area contributed by atoms with Crippen LogP contribution in [0.2, 0.25) is 0 Å². The molecule has 1 aromatic carbocycles. The third kappa shape index (κ3) is 2.85. The number of carbonyl (C=O) groups excluding carboxylic acids is 1. The lowest BCUT2D eigenvalue weighted by Gasteiger charge is -2.25. The van der Waals surface area contributed by atoms with Crippen LogP contribution in [0.15, 0.2) is 36.4 Å². The second-order valence-corrected chi connectivity index (χ2v) is 7.00. The molecule has 0 unspecified atom stereocenters. The highest BCUT2D eigenvalue weighted by atomic mass is 16.2. The van der Waals surface area contributed by atoms with E-state index in [-0.39, 0.29) is 11.9 Å². The van der Waals surface area contributed by atoms with E-state index in [9.17, 15) is 4.79 Å². The summed E-state index contributed by atoms with van der Waals surface area (Å²) in [7, 11) is 0. The van der Waals surface area contributed by atoms with Crippen molar-refractivity contribution in [1.29, 1.82) is 0 Å². The predicted molar refractivity (Wildman–Crippen MR) is 95.9 cm³/mol. The number of fused-ring (bicyclic) bond motifs is 1. The van der Waals surface area contributed by atoms with Gasteiger partial charge in [-0.3, -0.25) is 4.79 Å². The number of hydrogen-bond donors (Lipinski definition) is 0. The fourth-order valence-corrected chi connectivity index (χ4v) is 3.66. The fourth-order valence-electron chi connectivity index (χ4n) is 3.66. The van der Waals surface area contributed by atoms with Crippen LogP contribution < -0.4 is 0 Å². The molecule has 4 heteroatoms. The molecule has 2 aliphatic rings. The second-order valence-electron chi connectivity index (χ2n) is 7.00. The minimum absolute atomic E-state index is 0.214. The number of imidazole rings is 1. The van der Waals surface area contributed by atoms with Crippen LogP contribution in [0, 0.1) is 0 Å². The molecule has 1 fully saturated rings. The summed E-state index contributed by atoms with van der Waals surface area (Å²) in [5, 5.41) is 0. The molecule has 1 aliphatic carbocycles. The number of amides is 1. The molecule has 1 atom stereocenters. The van der Waals surface area contributed by atoms with Crippen LogP contribution in [0.5, 0.6) is 0 Å². The molecular weight excluding hydrogens is 298 g/mol. The van der Waals surface area contributed by atoms with E-state index in [1.165, 1.54) is 25.7 Å². The maximum atomic E-state index is 13.0. The van der Waals surface area contributed by atoms with Gasteiger partial charge in [-0.2, -0.15) is 0 Å². The Hall–Kier alpha value is -2.10. The zero-order valence-electron chi connectivity index (χ0n) is 14.3. The molecule has 24 heavy (non-hydrogen) atoms. The number of benzene rings is 1. The van der Waals surface area contributed by atoms with Crippen LogP contribution in [-0.2, 0) is 11.3 Å². The van der Waals surface area contributed by atoms with Crippen molar-refractivity contribution in [2.24, 2.45) is 0 Å². The first-order chi connectivity index (χ1) is 11.8. The summed E-state index contributed by atoms with van der Waals surface area (Å²) in [4.78, 5) is 19.8. The Labute approximate surface area is 143 Å². The van der Waals surface area contributed by atoms with Gasteiger partial charge in [0.05, 0.1) is 17.1 Å². The van der Waals surface area contributed by atoms with Crippen molar-refractivity contribution in [3.63, 3.8) is 0 Å². The highest BCUT2D eigenvalue weighted by Crippen LogP contribution is 2.40. The van der Waals surface area contributed by atoms with E-state index < -0.39 is 0 Å². The minimum atomic E-state index is 0.214. The van der Waals surface area contributed by atoms with E-state index in [0.29, 0.717) is 12.5 Å². The second kappa shape index (κ2) is 6.42. The Bertz CT molecular complexity index is 772. The van der Waals surface area contributed by atoms with Crippen LogP contribution in [0.1, 0.15) is 50.8 Å². The predicted octanol–water partition coefficient (Wildman–Crippen LogP) is 3.87. The van der Waals surface area contributed by atoms with E-state index in [1.807, 2.05) is 23.1 Å². The quantitative estimate of drug-likeness (QED) is 0.757. The Morgan fingerprint density at radius 1 is 1.29 bits per heavy atom. The monoisotopic (exact) mass is 323 g/mol. The Kier molecular flexibility index (Phi) is 4.13. The van der Waals surface area contributed by atoms with Gasteiger partial charge in [0.25, 0.3) is 0 Å². The van der Waals surface area contributed by atoms with Crippen molar-refractivity contribution in [1.82, 2.24) is 14.5 Å². The lowest BCUT2D eigenvalue weighted by molar-refractivity contribution is -0.132. The molecule has 0 bridgehead atoms. The summed E-state index contributed by atoms with van der Waals surface area (Å²) in [5.41, 5.74) is 2.10. The maximum absolute atomic E-state index is 13.0. The first-order valence-corrected chi connectivity index (χ1v) is 9.19. The number of nitrogens with zero attached hydrogens (tertiary/aromatic N) is 3. The van der Waals surface area contributed by atoms with Crippen LogP contribution in [0.25, 0.3) is 11.0 Å². The first kappa shape index (κ1) is 15.4. The number of unbranched alkanes of at least 4 members (excludes halogenated alkanes) is 1. The van der Waals surface area contributed by atoms with Crippen LogP contribution >= 0.6 is 0 Å². The molecule has 126 valence electrons. The summed E-state index contributed by atoms with van der Waals surface area (Å²) in [6, 6.07) is 8.45. The molecule has 2 heterocycles. The zero-order chi connectivity index (χ0) is 16.5. The SMILES string of the molecule is CCCC[C@@H]1C=CCN1C(=O)Cn1c(C2CC2)nc2ccccc21. The van der Waals surface area contributed by atoms with Gasteiger partial charge in [-0.1, -0.05) is 44.1 Å². The van der Waals surface area contributed by atoms with Gasteiger partial charge in [0.1, 0.15) is 12.4 Å². The van der Waals surface area contributed by atoms with Gasteiger partial charge in [-0.05, 0) is 31.4 Å². The molecule has 0 spiro atoms. The van der Waals surface area contributed by atoms with Gasteiger partial charge in [0.2, 0.25) is 5.91 Å². The summed E-state index contributed by atoms with van der Waals surface area (Å²) < 4.78 is 2.16. The Morgan fingerprint density at radius 3 is 2.92 bits per heavy atom. The molecule has 0 N–H and O–H groups in total. The van der Waals surface area contributed by atoms with Crippen LogP contribution in [0.3, 0.4) is 0 Å². The summed E-state index contributed by atoms with van der Waals surface area (Å²) >= 11 is 0. The third-order valence-electron chi connectivity index (χ3n) is 5.15. The van der Waals surface area contributed by atoms with E-state index in [4.69, 9.17) is 4.98 Å². The Balaban J connectivity index is 1.57. The van der Waals surface area contributed by atoms with Gasteiger partial charge < -0.3 is 9.47 Å². The average molecular weight is 323 g/mol. The molecule has 4 nitrogen and oxygen atoms in total. The first-order valence-electron chi connectivity index (χ1n) is 9.19. The lowest BCUT2D eigenvalue weighted by atomic mass is 10.1. The number of para-hydroxylation sites is 2. The maximum Gasteiger partial charge on any atom is 0.243 e. The normalized spacial score (nSPS) is 20.2. The topological polar surface area (TPSA) is 38.1 Å². The van der Waals surface area contributed by atoms with Crippen molar-refractivity contribution in [2.45, 2.75) is 57.5 Å². The van der Waals surface area contributed by atoms with Crippen LogP contribution in [0.4, 0.5) is 0 Å². The highest BCUT2D eigenvalue weighted by Gasteiger charge is 2.31. The van der Waals surface area contributed by atoms with E-state index >= 15 is 0 Å². The van der Waals surface area contributed by atoms with E-state index in [0.717, 1.165) is 29.8 Å². The smallest absolute Gasteiger partial charge is 0.243 e. The summed E-state index contributed by atoms with van der Waals surface area (Å²) in [6.07, 6.45) is 10.1. The molecule has 1 saturated carbocycles. The Morgan fingerprint density at radius 2 is 2.12 bits per heavy atom. The third-order valence-corrected chi connectivity index (χ3v) is 5.15. The number of aromatic nitrogens is 2. The molecule has 0 saturated heterocycles. The van der Waals surface area contributed by atoms with E-state index in [2.05, 4.69) is 29.7 Å². The van der Waals surface area contributed by atoms with Gasteiger partial charge in [0.15, 0.2) is 0 Å². The average Bonchev–Trinajstić information content (AvgIpc) is 3.22. The minimum Gasteiger partial charge on any atom is -0.331 e. The van der Waals surface area contributed by atoms with Crippen molar-refractivity contribution in [3.05, 3.63) is 42.2 Å². The van der Waals surface area contributed by atoms with Gasteiger partial charge in [0, 0.05) is 12.5 Å². The molecule has 2 aromatic rings. The van der Waals surface area contributed by atoms with Crippen molar-refractivity contribution < 1.29 is 4.79 Å². The number of carbonyl (C=O) groups is 1. The van der Waals surface area contributed by atoms with Crippen molar-refractivity contribution >= 4 is 16.9 Å². The van der Waals surface area contributed by atoms with E-state index in [1.54, 1.807) is 0 Å². The molecule has 4 rings (SSSR count). The molecule has 1 aromatic heterocycles. The van der Waals surface area contributed by atoms with Crippen LogP contribution in [-0.4, -0.2) is 32.9 Å². The van der Waals surface area contributed by atoms with Gasteiger partial charge in [-0.15, -0.1) is 0 Å². The van der Waals surface area contributed by atoms with Crippen molar-refractivity contribution in [2.75, 3.05) is 6.54 Å². The molecule has 1 aliphatic heterocycles.